The van der Waals surface area contributed by atoms with Crippen molar-refractivity contribution in [2.45, 2.75) is 57.9 Å². The summed E-state index contributed by atoms with van der Waals surface area (Å²) >= 11 is 0. The topological polar surface area (TPSA) is 35.2 Å². The Balaban J connectivity index is 2.18. The Hall–Kier alpha value is -1.02. The molecule has 0 aromatic heterocycles. The van der Waals surface area contributed by atoms with Crippen LogP contribution in [0, 0.1) is 5.92 Å². The van der Waals surface area contributed by atoms with Crippen molar-refractivity contribution >= 4 is 0 Å². The molecule has 1 saturated carbocycles. The second kappa shape index (κ2) is 6.95. The normalized spacial score (nSPS) is 27.2. The van der Waals surface area contributed by atoms with Crippen molar-refractivity contribution in [1.29, 1.82) is 0 Å². The average molecular weight is 261 g/mol. The van der Waals surface area contributed by atoms with E-state index in [2.05, 4.69) is 25.1 Å². The van der Waals surface area contributed by atoms with E-state index in [0.717, 1.165) is 24.7 Å². The average Bonchev–Trinajstić information content (AvgIpc) is 2.42. The van der Waals surface area contributed by atoms with E-state index in [-0.39, 0.29) is 6.04 Å². The van der Waals surface area contributed by atoms with Crippen LogP contribution in [0.4, 0.5) is 0 Å². The molecular weight excluding hydrogens is 234 g/mol. The lowest BCUT2D eigenvalue weighted by atomic mass is 9.73. The number of para-hydroxylation sites is 1. The van der Waals surface area contributed by atoms with Gasteiger partial charge < -0.3 is 10.5 Å². The Morgan fingerprint density at radius 2 is 2.00 bits per heavy atom. The van der Waals surface area contributed by atoms with Gasteiger partial charge in [-0.05, 0) is 43.7 Å². The van der Waals surface area contributed by atoms with Crippen molar-refractivity contribution in [3.8, 4) is 5.75 Å². The van der Waals surface area contributed by atoms with Crippen LogP contribution in [0.5, 0.6) is 5.75 Å². The fourth-order valence-electron chi connectivity index (χ4n) is 3.38. The largest absolute Gasteiger partial charge is 0.494 e. The minimum atomic E-state index is 0.287. The van der Waals surface area contributed by atoms with Gasteiger partial charge in [-0.15, -0.1) is 0 Å². The Morgan fingerprint density at radius 1 is 1.21 bits per heavy atom. The zero-order chi connectivity index (χ0) is 13.7. The van der Waals surface area contributed by atoms with Crippen molar-refractivity contribution in [1.82, 2.24) is 0 Å². The smallest absolute Gasteiger partial charge is 0.122 e. The number of hydrogen-bond acceptors (Lipinski definition) is 2. The van der Waals surface area contributed by atoms with Gasteiger partial charge in [-0.3, -0.25) is 0 Å². The third-order valence-corrected chi connectivity index (χ3v) is 4.33. The zero-order valence-electron chi connectivity index (χ0n) is 12.3. The first kappa shape index (κ1) is 14.4. The third kappa shape index (κ3) is 3.50. The summed E-state index contributed by atoms with van der Waals surface area (Å²) < 4.78 is 5.78. The summed E-state index contributed by atoms with van der Waals surface area (Å²) in [5.74, 6) is 2.33. The maximum Gasteiger partial charge on any atom is 0.122 e. The molecule has 1 aliphatic carbocycles. The molecule has 0 amide bonds. The van der Waals surface area contributed by atoms with E-state index in [0.29, 0.717) is 5.92 Å². The highest BCUT2D eigenvalue weighted by molar-refractivity contribution is 5.37. The summed E-state index contributed by atoms with van der Waals surface area (Å²) in [5.41, 5.74) is 7.70. The summed E-state index contributed by atoms with van der Waals surface area (Å²) in [6.07, 6.45) is 6.27. The summed E-state index contributed by atoms with van der Waals surface area (Å²) in [6, 6.07) is 8.72. The predicted octanol–water partition coefficient (Wildman–Crippen LogP) is 4.10. The number of benzene rings is 1. The van der Waals surface area contributed by atoms with Crippen LogP contribution in [-0.4, -0.2) is 12.6 Å². The molecule has 2 N–H and O–H groups in total. The van der Waals surface area contributed by atoms with Gasteiger partial charge in [-0.25, -0.2) is 0 Å². The minimum Gasteiger partial charge on any atom is -0.494 e. The molecule has 2 rings (SSSR count). The molecule has 2 nitrogen and oxygen atoms in total. The van der Waals surface area contributed by atoms with Crippen molar-refractivity contribution in [3.05, 3.63) is 29.8 Å². The lowest BCUT2D eigenvalue weighted by Crippen LogP contribution is -2.34. The van der Waals surface area contributed by atoms with Gasteiger partial charge >= 0.3 is 0 Å². The van der Waals surface area contributed by atoms with Gasteiger partial charge in [0.2, 0.25) is 0 Å². The highest BCUT2D eigenvalue weighted by Gasteiger charge is 2.30. The van der Waals surface area contributed by atoms with Gasteiger partial charge in [0.05, 0.1) is 6.61 Å². The van der Waals surface area contributed by atoms with Gasteiger partial charge in [0.15, 0.2) is 0 Å². The molecule has 1 aromatic carbocycles. The quantitative estimate of drug-likeness (QED) is 0.866. The Kier molecular flexibility index (Phi) is 5.26. The van der Waals surface area contributed by atoms with E-state index < -0.39 is 0 Å². The van der Waals surface area contributed by atoms with Crippen molar-refractivity contribution in [2.75, 3.05) is 6.61 Å². The molecule has 1 fully saturated rings. The van der Waals surface area contributed by atoms with Crippen LogP contribution in [0.1, 0.15) is 57.4 Å². The van der Waals surface area contributed by atoms with Crippen LogP contribution in [0.15, 0.2) is 24.3 Å². The second-order valence-electron chi connectivity index (χ2n) is 5.71. The Labute approximate surface area is 117 Å². The number of nitrogens with two attached hydrogens (primary N) is 1. The van der Waals surface area contributed by atoms with Gasteiger partial charge in [0, 0.05) is 12.0 Å². The molecule has 0 bridgehead atoms. The summed E-state index contributed by atoms with van der Waals surface area (Å²) in [6.45, 7) is 5.03. The van der Waals surface area contributed by atoms with Crippen LogP contribution in [0.2, 0.25) is 0 Å². The molecule has 0 radical (unpaired) electrons. The van der Waals surface area contributed by atoms with E-state index in [1.54, 1.807) is 0 Å². The molecule has 3 atom stereocenters. The van der Waals surface area contributed by atoms with Crippen LogP contribution in [0.25, 0.3) is 0 Å². The number of ether oxygens (including phenoxy) is 1. The van der Waals surface area contributed by atoms with Crippen LogP contribution in [0.3, 0.4) is 0 Å². The standard InChI is InChI=1S/C17H27NO/c1-3-7-13-10-11-16(18)15(12-13)14-8-5-6-9-17(14)19-4-2/h5-6,8-9,13,15-16H,3-4,7,10-12,18H2,1-2H3. The van der Waals surface area contributed by atoms with E-state index in [9.17, 15) is 0 Å². The van der Waals surface area contributed by atoms with Gasteiger partial charge in [0.1, 0.15) is 5.75 Å². The molecule has 2 heteroatoms. The number of hydrogen-bond donors (Lipinski definition) is 1. The fraction of sp³-hybridized carbons (Fsp3) is 0.647. The lowest BCUT2D eigenvalue weighted by Gasteiger charge is -2.35. The van der Waals surface area contributed by atoms with Crippen molar-refractivity contribution in [2.24, 2.45) is 11.7 Å². The summed E-state index contributed by atoms with van der Waals surface area (Å²) in [4.78, 5) is 0. The molecule has 106 valence electrons. The molecular formula is C17H27NO. The Bertz CT molecular complexity index is 391. The van der Waals surface area contributed by atoms with Gasteiger partial charge in [-0.2, -0.15) is 0 Å². The van der Waals surface area contributed by atoms with Crippen molar-refractivity contribution in [3.63, 3.8) is 0 Å². The fourth-order valence-corrected chi connectivity index (χ4v) is 3.38. The monoisotopic (exact) mass is 261 g/mol. The minimum absolute atomic E-state index is 0.287. The molecule has 1 aromatic rings. The van der Waals surface area contributed by atoms with E-state index in [4.69, 9.17) is 10.5 Å². The SMILES string of the molecule is CCCC1CCC(N)C(c2ccccc2OCC)C1. The van der Waals surface area contributed by atoms with Gasteiger partial charge in [-0.1, -0.05) is 38.0 Å². The molecule has 1 aliphatic rings. The van der Waals surface area contributed by atoms with Crippen LogP contribution < -0.4 is 10.5 Å². The first-order chi connectivity index (χ1) is 9.26. The molecule has 0 saturated heterocycles. The Morgan fingerprint density at radius 3 is 2.74 bits per heavy atom. The van der Waals surface area contributed by atoms with E-state index in [1.807, 2.05) is 13.0 Å². The highest BCUT2D eigenvalue weighted by atomic mass is 16.5. The molecule has 19 heavy (non-hydrogen) atoms. The molecule has 0 aliphatic heterocycles. The van der Waals surface area contributed by atoms with Crippen LogP contribution in [-0.2, 0) is 0 Å². The molecule has 0 heterocycles. The molecule has 0 spiro atoms. The highest BCUT2D eigenvalue weighted by Crippen LogP contribution is 2.40. The van der Waals surface area contributed by atoms with Crippen molar-refractivity contribution < 1.29 is 4.74 Å². The number of rotatable bonds is 5. The zero-order valence-corrected chi connectivity index (χ0v) is 12.3. The van der Waals surface area contributed by atoms with E-state index in [1.165, 1.54) is 31.2 Å². The summed E-state index contributed by atoms with van der Waals surface area (Å²) in [7, 11) is 0. The van der Waals surface area contributed by atoms with Gasteiger partial charge in [0.25, 0.3) is 0 Å². The van der Waals surface area contributed by atoms with Crippen LogP contribution >= 0.6 is 0 Å². The molecule has 3 unspecified atom stereocenters. The first-order valence-electron chi connectivity index (χ1n) is 7.73. The summed E-state index contributed by atoms with van der Waals surface area (Å²) in [5, 5.41) is 0. The van der Waals surface area contributed by atoms with E-state index >= 15 is 0 Å². The predicted molar refractivity (Wildman–Crippen MR) is 80.6 cm³/mol. The lowest BCUT2D eigenvalue weighted by molar-refractivity contribution is 0.265. The third-order valence-electron chi connectivity index (χ3n) is 4.33. The maximum absolute atomic E-state index is 6.38. The second-order valence-corrected chi connectivity index (χ2v) is 5.71. The maximum atomic E-state index is 6.38. The first-order valence-corrected chi connectivity index (χ1v) is 7.73.